The molecule has 3 heteroatoms. The maximum Gasteiger partial charge on any atom is 0.102 e. The SMILES string of the molecule is Cc1cc2cccnc2c(N)c1C#N. The maximum absolute atomic E-state index is 8.90. The molecule has 68 valence electrons. The first-order valence-corrected chi connectivity index (χ1v) is 4.28. The number of aryl methyl sites for hydroxylation is 1. The number of pyridine rings is 1. The van der Waals surface area contributed by atoms with Crippen molar-refractivity contribution in [1.82, 2.24) is 4.98 Å². The van der Waals surface area contributed by atoms with Gasteiger partial charge in [-0.05, 0) is 24.6 Å². The van der Waals surface area contributed by atoms with Gasteiger partial charge in [0, 0.05) is 11.6 Å². The van der Waals surface area contributed by atoms with E-state index in [2.05, 4.69) is 11.1 Å². The molecule has 1 heterocycles. The lowest BCUT2D eigenvalue weighted by atomic mass is 10.0. The van der Waals surface area contributed by atoms with Crippen LogP contribution in [-0.4, -0.2) is 4.98 Å². The third kappa shape index (κ3) is 1.09. The van der Waals surface area contributed by atoms with Crippen LogP contribution in [0.25, 0.3) is 10.9 Å². The topological polar surface area (TPSA) is 62.7 Å². The predicted octanol–water partition coefficient (Wildman–Crippen LogP) is 2.00. The molecule has 0 radical (unpaired) electrons. The number of aromatic nitrogens is 1. The van der Waals surface area contributed by atoms with Crippen LogP contribution in [0.2, 0.25) is 0 Å². The molecule has 0 fully saturated rings. The minimum Gasteiger partial charge on any atom is -0.396 e. The number of nitrogen functional groups attached to an aromatic ring is 1. The van der Waals surface area contributed by atoms with Gasteiger partial charge in [0.25, 0.3) is 0 Å². The number of benzene rings is 1. The number of hydrogen-bond donors (Lipinski definition) is 1. The normalized spacial score (nSPS) is 10.0. The Hall–Kier alpha value is -2.08. The van der Waals surface area contributed by atoms with Gasteiger partial charge in [-0.25, -0.2) is 0 Å². The van der Waals surface area contributed by atoms with Gasteiger partial charge < -0.3 is 5.73 Å². The van der Waals surface area contributed by atoms with Gasteiger partial charge in [-0.15, -0.1) is 0 Å². The number of nitrogens with zero attached hydrogens (tertiary/aromatic N) is 2. The first-order chi connectivity index (χ1) is 6.74. The van der Waals surface area contributed by atoms with Gasteiger partial charge in [0.05, 0.1) is 16.8 Å². The van der Waals surface area contributed by atoms with Gasteiger partial charge in [0.1, 0.15) is 6.07 Å². The molecular formula is C11H9N3. The van der Waals surface area contributed by atoms with Gasteiger partial charge >= 0.3 is 0 Å². The highest BCUT2D eigenvalue weighted by Gasteiger charge is 2.07. The lowest BCUT2D eigenvalue weighted by molar-refractivity contribution is 1.37. The molecular weight excluding hydrogens is 174 g/mol. The highest BCUT2D eigenvalue weighted by atomic mass is 14.7. The van der Waals surface area contributed by atoms with Gasteiger partial charge in [0.15, 0.2) is 0 Å². The quantitative estimate of drug-likeness (QED) is 0.635. The average molecular weight is 183 g/mol. The fourth-order valence-corrected chi connectivity index (χ4v) is 1.54. The smallest absolute Gasteiger partial charge is 0.102 e. The van der Waals surface area contributed by atoms with E-state index < -0.39 is 0 Å². The summed E-state index contributed by atoms with van der Waals surface area (Å²) in [6, 6.07) is 7.81. The Labute approximate surface area is 81.8 Å². The third-order valence-electron chi connectivity index (χ3n) is 2.24. The molecule has 2 N–H and O–H groups in total. The minimum absolute atomic E-state index is 0.475. The van der Waals surface area contributed by atoms with Crippen LogP contribution < -0.4 is 5.73 Å². The predicted molar refractivity (Wildman–Crippen MR) is 55.6 cm³/mol. The molecule has 0 aliphatic rings. The molecule has 0 atom stereocenters. The van der Waals surface area contributed by atoms with E-state index in [1.807, 2.05) is 25.1 Å². The van der Waals surface area contributed by atoms with E-state index in [0.29, 0.717) is 16.8 Å². The van der Waals surface area contributed by atoms with Crippen LogP contribution in [0.4, 0.5) is 5.69 Å². The van der Waals surface area contributed by atoms with Gasteiger partial charge in [-0.3, -0.25) is 4.98 Å². The summed E-state index contributed by atoms with van der Waals surface area (Å²) in [5, 5.41) is 9.87. The van der Waals surface area contributed by atoms with E-state index in [-0.39, 0.29) is 0 Å². The van der Waals surface area contributed by atoms with Crippen LogP contribution in [0.5, 0.6) is 0 Å². The molecule has 0 bridgehead atoms. The van der Waals surface area contributed by atoms with E-state index in [1.54, 1.807) is 6.20 Å². The van der Waals surface area contributed by atoms with Gasteiger partial charge in [0.2, 0.25) is 0 Å². The lowest BCUT2D eigenvalue weighted by Crippen LogP contribution is -1.96. The van der Waals surface area contributed by atoms with Crippen LogP contribution >= 0.6 is 0 Å². The Morgan fingerprint density at radius 1 is 1.50 bits per heavy atom. The zero-order valence-corrected chi connectivity index (χ0v) is 7.78. The molecule has 0 aliphatic carbocycles. The molecule has 0 amide bonds. The van der Waals surface area contributed by atoms with E-state index in [4.69, 9.17) is 11.0 Å². The molecule has 0 aliphatic heterocycles. The molecule has 1 aromatic carbocycles. The maximum atomic E-state index is 8.90. The van der Waals surface area contributed by atoms with Crippen molar-refractivity contribution < 1.29 is 0 Å². The summed E-state index contributed by atoms with van der Waals surface area (Å²) in [6.07, 6.45) is 1.68. The van der Waals surface area contributed by atoms with Crippen LogP contribution in [0.15, 0.2) is 24.4 Å². The van der Waals surface area contributed by atoms with Crippen LogP contribution in [0.3, 0.4) is 0 Å². The Morgan fingerprint density at radius 2 is 2.29 bits per heavy atom. The van der Waals surface area contributed by atoms with Crippen LogP contribution in [0, 0.1) is 18.3 Å². The molecule has 14 heavy (non-hydrogen) atoms. The van der Waals surface area contributed by atoms with Crippen LogP contribution in [-0.2, 0) is 0 Å². The second-order valence-electron chi connectivity index (χ2n) is 3.17. The highest BCUT2D eigenvalue weighted by molar-refractivity contribution is 5.93. The number of nitriles is 1. The summed E-state index contributed by atoms with van der Waals surface area (Å²) in [7, 11) is 0. The molecule has 0 saturated carbocycles. The monoisotopic (exact) mass is 183 g/mol. The van der Waals surface area contributed by atoms with Crippen molar-refractivity contribution in [1.29, 1.82) is 5.26 Å². The summed E-state index contributed by atoms with van der Waals surface area (Å²) in [5.41, 5.74) is 8.44. The first kappa shape index (κ1) is 8.52. The standard InChI is InChI=1S/C11H9N3/c1-7-5-8-3-2-4-14-11(8)10(13)9(7)6-12/h2-5H,13H2,1H3. The van der Waals surface area contributed by atoms with Gasteiger partial charge in [-0.2, -0.15) is 5.26 Å². The summed E-state index contributed by atoms with van der Waals surface area (Å²) >= 11 is 0. The molecule has 0 unspecified atom stereocenters. The number of nitrogens with two attached hydrogens (primary N) is 1. The van der Waals surface area contributed by atoms with Crippen molar-refractivity contribution in [2.24, 2.45) is 0 Å². The largest absolute Gasteiger partial charge is 0.396 e. The van der Waals surface area contributed by atoms with E-state index in [0.717, 1.165) is 10.9 Å². The highest BCUT2D eigenvalue weighted by Crippen LogP contribution is 2.25. The Kier molecular flexibility index (Phi) is 1.83. The Morgan fingerprint density at radius 3 is 3.00 bits per heavy atom. The molecule has 3 nitrogen and oxygen atoms in total. The van der Waals surface area contributed by atoms with Gasteiger partial charge in [-0.1, -0.05) is 6.07 Å². The number of hydrogen-bond acceptors (Lipinski definition) is 3. The number of fused-ring (bicyclic) bond motifs is 1. The zero-order valence-electron chi connectivity index (χ0n) is 7.78. The van der Waals surface area contributed by atoms with E-state index in [9.17, 15) is 0 Å². The Balaban J connectivity index is 2.95. The summed E-state index contributed by atoms with van der Waals surface area (Å²) in [5.74, 6) is 0. The summed E-state index contributed by atoms with van der Waals surface area (Å²) in [4.78, 5) is 4.15. The summed E-state index contributed by atoms with van der Waals surface area (Å²) < 4.78 is 0. The fourth-order valence-electron chi connectivity index (χ4n) is 1.54. The average Bonchev–Trinajstić information content (AvgIpc) is 2.18. The zero-order chi connectivity index (χ0) is 10.1. The Bertz CT molecular complexity index is 538. The second kappa shape index (κ2) is 3.00. The molecule has 0 saturated heterocycles. The van der Waals surface area contributed by atoms with Crippen molar-refractivity contribution in [2.45, 2.75) is 6.92 Å². The number of rotatable bonds is 0. The lowest BCUT2D eigenvalue weighted by Gasteiger charge is -2.05. The van der Waals surface area contributed by atoms with Crippen molar-refractivity contribution in [3.63, 3.8) is 0 Å². The van der Waals surface area contributed by atoms with Crippen molar-refractivity contribution in [3.05, 3.63) is 35.5 Å². The second-order valence-corrected chi connectivity index (χ2v) is 3.17. The number of anilines is 1. The fraction of sp³-hybridized carbons (Fsp3) is 0.0909. The molecule has 1 aromatic heterocycles. The van der Waals surface area contributed by atoms with E-state index in [1.165, 1.54) is 0 Å². The van der Waals surface area contributed by atoms with Crippen molar-refractivity contribution in [3.8, 4) is 6.07 Å². The summed E-state index contributed by atoms with van der Waals surface area (Å²) in [6.45, 7) is 1.88. The van der Waals surface area contributed by atoms with Crippen molar-refractivity contribution in [2.75, 3.05) is 5.73 Å². The first-order valence-electron chi connectivity index (χ1n) is 4.28. The molecule has 2 rings (SSSR count). The minimum atomic E-state index is 0.475. The van der Waals surface area contributed by atoms with E-state index >= 15 is 0 Å². The molecule has 2 aromatic rings. The third-order valence-corrected chi connectivity index (χ3v) is 2.24. The van der Waals surface area contributed by atoms with Crippen molar-refractivity contribution >= 4 is 16.6 Å². The van der Waals surface area contributed by atoms with Crippen LogP contribution in [0.1, 0.15) is 11.1 Å². The molecule has 0 spiro atoms.